The van der Waals surface area contributed by atoms with Crippen molar-refractivity contribution >= 4 is 11.9 Å². The first-order chi connectivity index (χ1) is 11.1. The Labute approximate surface area is 136 Å². The molecule has 124 valence electrons. The number of amides is 3. The molecule has 0 unspecified atom stereocenters. The summed E-state index contributed by atoms with van der Waals surface area (Å²) in [6, 6.07) is 2.89. The van der Waals surface area contributed by atoms with Gasteiger partial charge in [0.1, 0.15) is 12.1 Å². The molecule has 0 spiro atoms. The summed E-state index contributed by atoms with van der Waals surface area (Å²) in [6.45, 7) is 4.24. The Morgan fingerprint density at radius 3 is 2.87 bits per heavy atom. The van der Waals surface area contributed by atoms with Gasteiger partial charge in [-0.25, -0.2) is 9.78 Å². The lowest BCUT2D eigenvalue weighted by Gasteiger charge is -2.25. The van der Waals surface area contributed by atoms with Gasteiger partial charge in [-0.2, -0.15) is 0 Å². The molecule has 1 aromatic rings. The number of hydrogen-bond donors (Lipinski definition) is 1. The summed E-state index contributed by atoms with van der Waals surface area (Å²) in [7, 11) is 0. The van der Waals surface area contributed by atoms with Crippen molar-refractivity contribution in [1.29, 1.82) is 0 Å². The predicted molar refractivity (Wildman–Crippen MR) is 84.8 cm³/mol. The second-order valence-corrected chi connectivity index (χ2v) is 6.41. The fourth-order valence-corrected chi connectivity index (χ4v) is 2.77. The summed E-state index contributed by atoms with van der Waals surface area (Å²) in [5.41, 5.74) is 0.850. The average Bonchev–Trinajstić information content (AvgIpc) is 2.79. The van der Waals surface area contributed by atoms with Gasteiger partial charge in [-0.1, -0.05) is 20.3 Å². The van der Waals surface area contributed by atoms with E-state index < -0.39 is 6.04 Å². The van der Waals surface area contributed by atoms with E-state index >= 15 is 0 Å². The van der Waals surface area contributed by atoms with Gasteiger partial charge in [-0.05, 0) is 36.8 Å². The van der Waals surface area contributed by atoms with E-state index in [0.29, 0.717) is 5.88 Å². The number of pyridine rings is 1. The Hall–Kier alpha value is -2.11. The van der Waals surface area contributed by atoms with Crippen molar-refractivity contribution in [2.75, 3.05) is 0 Å². The third-order valence-corrected chi connectivity index (χ3v) is 4.75. The first-order valence-corrected chi connectivity index (χ1v) is 8.32. The number of aromatic nitrogens is 1. The van der Waals surface area contributed by atoms with Gasteiger partial charge in [0.2, 0.25) is 5.88 Å². The maximum absolute atomic E-state index is 12.4. The van der Waals surface area contributed by atoms with E-state index in [1.54, 1.807) is 6.20 Å². The molecule has 6 heteroatoms. The van der Waals surface area contributed by atoms with Crippen LogP contribution in [0.2, 0.25) is 0 Å². The Morgan fingerprint density at radius 1 is 1.43 bits per heavy atom. The van der Waals surface area contributed by atoms with E-state index in [-0.39, 0.29) is 30.5 Å². The largest absolute Gasteiger partial charge is 0.474 e. The number of urea groups is 1. The van der Waals surface area contributed by atoms with Crippen LogP contribution < -0.4 is 10.1 Å². The zero-order valence-electron chi connectivity index (χ0n) is 13.6. The highest BCUT2D eigenvalue weighted by atomic mass is 16.5. The SMILES string of the molecule is CC[C@@H](C)[C@@H]1NC(=O)N(Cc2ccnc(OC3CCC3)c2)C1=O. The molecular weight excluding hydrogens is 294 g/mol. The number of carbonyl (C=O) groups excluding carboxylic acids is 2. The van der Waals surface area contributed by atoms with Crippen LogP contribution in [0.15, 0.2) is 18.3 Å². The van der Waals surface area contributed by atoms with E-state index in [1.807, 2.05) is 26.0 Å². The van der Waals surface area contributed by atoms with Crippen LogP contribution in [0.1, 0.15) is 45.1 Å². The summed E-state index contributed by atoms with van der Waals surface area (Å²) in [5.74, 6) is 0.548. The number of carbonyl (C=O) groups is 2. The molecule has 1 aromatic heterocycles. The van der Waals surface area contributed by atoms with Crippen molar-refractivity contribution in [3.8, 4) is 5.88 Å². The Kier molecular flexibility index (Phi) is 4.50. The Balaban J connectivity index is 1.67. The zero-order valence-corrected chi connectivity index (χ0v) is 13.6. The highest BCUT2D eigenvalue weighted by Crippen LogP contribution is 2.25. The smallest absolute Gasteiger partial charge is 0.325 e. The molecule has 1 saturated heterocycles. The topological polar surface area (TPSA) is 71.5 Å². The van der Waals surface area contributed by atoms with E-state index in [1.165, 1.54) is 11.3 Å². The monoisotopic (exact) mass is 317 g/mol. The molecule has 1 aliphatic heterocycles. The molecule has 3 rings (SSSR count). The molecule has 1 N–H and O–H groups in total. The molecule has 2 atom stereocenters. The van der Waals surface area contributed by atoms with Crippen molar-refractivity contribution in [2.45, 2.75) is 58.2 Å². The van der Waals surface area contributed by atoms with Crippen LogP contribution in [-0.4, -0.2) is 34.0 Å². The van der Waals surface area contributed by atoms with Crippen molar-refractivity contribution in [1.82, 2.24) is 15.2 Å². The fourth-order valence-electron chi connectivity index (χ4n) is 2.77. The van der Waals surface area contributed by atoms with Crippen LogP contribution in [-0.2, 0) is 11.3 Å². The van der Waals surface area contributed by atoms with Crippen molar-refractivity contribution in [2.24, 2.45) is 5.92 Å². The van der Waals surface area contributed by atoms with Crippen molar-refractivity contribution in [3.63, 3.8) is 0 Å². The number of imide groups is 1. The molecule has 2 fully saturated rings. The number of hydrogen-bond acceptors (Lipinski definition) is 4. The summed E-state index contributed by atoms with van der Waals surface area (Å²) < 4.78 is 5.77. The lowest BCUT2D eigenvalue weighted by atomic mass is 9.96. The molecule has 0 bridgehead atoms. The molecule has 6 nitrogen and oxygen atoms in total. The molecule has 1 saturated carbocycles. The lowest BCUT2D eigenvalue weighted by Crippen LogP contribution is -2.35. The third kappa shape index (κ3) is 3.30. The van der Waals surface area contributed by atoms with Gasteiger partial charge >= 0.3 is 6.03 Å². The number of ether oxygens (including phenoxy) is 1. The molecule has 0 aromatic carbocycles. The van der Waals surface area contributed by atoms with Crippen LogP contribution >= 0.6 is 0 Å². The second-order valence-electron chi connectivity index (χ2n) is 6.41. The number of nitrogens with one attached hydrogen (secondary N) is 1. The molecular formula is C17H23N3O3. The minimum Gasteiger partial charge on any atom is -0.474 e. The van der Waals surface area contributed by atoms with E-state index in [9.17, 15) is 9.59 Å². The Morgan fingerprint density at radius 2 is 2.22 bits per heavy atom. The fraction of sp³-hybridized carbons (Fsp3) is 0.588. The molecule has 2 heterocycles. The van der Waals surface area contributed by atoms with Gasteiger partial charge in [0.25, 0.3) is 5.91 Å². The van der Waals surface area contributed by atoms with Crippen LogP contribution in [0, 0.1) is 5.92 Å². The summed E-state index contributed by atoms with van der Waals surface area (Å²) in [6.07, 6.45) is 6.09. The van der Waals surface area contributed by atoms with Crippen LogP contribution in [0.25, 0.3) is 0 Å². The molecule has 3 amide bonds. The van der Waals surface area contributed by atoms with E-state index in [2.05, 4.69) is 10.3 Å². The maximum atomic E-state index is 12.4. The zero-order chi connectivity index (χ0) is 16.4. The molecule has 23 heavy (non-hydrogen) atoms. The first kappa shape index (κ1) is 15.8. The average molecular weight is 317 g/mol. The van der Waals surface area contributed by atoms with Gasteiger partial charge in [0.05, 0.1) is 6.54 Å². The minimum absolute atomic E-state index is 0.131. The molecule has 1 aliphatic carbocycles. The van der Waals surface area contributed by atoms with Gasteiger partial charge in [-0.3, -0.25) is 9.69 Å². The van der Waals surface area contributed by atoms with E-state index in [4.69, 9.17) is 4.74 Å². The van der Waals surface area contributed by atoms with Crippen LogP contribution in [0.3, 0.4) is 0 Å². The summed E-state index contributed by atoms with van der Waals surface area (Å²) in [4.78, 5) is 30.0. The van der Waals surface area contributed by atoms with Gasteiger partial charge in [0, 0.05) is 12.3 Å². The predicted octanol–water partition coefficient (Wildman–Crippen LogP) is 2.48. The second kappa shape index (κ2) is 6.56. The lowest BCUT2D eigenvalue weighted by molar-refractivity contribution is -0.128. The van der Waals surface area contributed by atoms with Gasteiger partial charge in [0.15, 0.2) is 0 Å². The summed E-state index contributed by atoms with van der Waals surface area (Å²) >= 11 is 0. The summed E-state index contributed by atoms with van der Waals surface area (Å²) in [5, 5.41) is 2.78. The van der Waals surface area contributed by atoms with Crippen molar-refractivity contribution < 1.29 is 14.3 Å². The highest BCUT2D eigenvalue weighted by Gasteiger charge is 2.40. The molecule has 2 aliphatic rings. The normalized spacial score (nSPS) is 22.7. The number of rotatable bonds is 6. The van der Waals surface area contributed by atoms with Crippen LogP contribution in [0.5, 0.6) is 5.88 Å². The number of nitrogens with zero attached hydrogens (tertiary/aromatic N) is 2. The quantitative estimate of drug-likeness (QED) is 0.818. The van der Waals surface area contributed by atoms with Crippen LogP contribution in [0.4, 0.5) is 4.79 Å². The third-order valence-electron chi connectivity index (χ3n) is 4.75. The standard InChI is InChI=1S/C17H23N3O3/c1-3-11(2)15-16(21)20(17(22)19-15)10-12-7-8-18-14(9-12)23-13-5-4-6-13/h7-9,11,13,15H,3-6,10H2,1-2H3,(H,19,22)/t11-,15+/m1/s1. The Bertz CT molecular complexity index is 601. The van der Waals surface area contributed by atoms with Crippen molar-refractivity contribution in [3.05, 3.63) is 23.9 Å². The van der Waals surface area contributed by atoms with E-state index in [0.717, 1.165) is 24.8 Å². The van der Waals surface area contributed by atoms with Gasteiger partial charge in [-0.15, -0.1) is 0 Å². The highest BCUT2D eigenvalue weighted by molar-refractivity contribution is 6.04. The molecule has 0 radical (unpaired) electrons. The first-order valence-electron chi connectivity index (χ1n) is 8.32. The maximum Gasteiger partial charge on any atom is 0.325 e. The minimum atomic E-state index is -0.417. The van der Waals surface area contributed by atoms with Gasteiger partial charge < -0.3 is 10.1 Å².